The molecule has 2 aromatic rings. The fourth-order valence-electron chi connectivity index (χ4n) is 1.51. The lowest BCUT2D eigenvalue weighted by Gasteiger charge is -2.18. The van der Waals surface area contributed by atoms with Crippen molar-refractivity contribution in [2.75, 3.05) is 0 Å². The van der Waals surface area contributed by atoms with Crippen molar-refractivity contribution in [2.24, 2.45) is 7.05 Å². The zero-order valence-electron chi connectivity index (χ0n) is 9.46. The molecule has 0 fully saturated rings. The largest absolute Gasteiger partial charge is 0.327 e. The Balaban J connectivity index is 2.75. The first-order valence-corrected chi connectivity index (χ1v) is 4.95. The van der Waals surface area contributed by atoms with Crippen LogP contribution >= 0.6 is 0 Å². The zero-order chi connectivity index (χ0) is 11.2. The smallest absolute Gasteiger partial charge is 0.294 e. The van der Waals surface area contributed by atoms with E-state index >= 15 is 0 Å². The van der Waals surface area contributed by atoms with Gasteiger partial charge in [-0.05, 0) is 17.0 Å². The third kappa shape index (κ3) is 1.56. The topological polar surface area (TPSA) is 50.7 Å². The summed E-state index contributed by atoms with van der Waals surface area (Å²) >= 11 is 0. The number of nitrogens with zero attached hydrogens (tertiary/aromatic N) is 2. The van der Waals surface area contributed by atoms with Crippen LogP contribution in [0.2, 0.25) is 0 Å². The van der Waals surface area contributed by atoms with Gasteiger partial charge >= 0.3 is 5.69 Å². The highest BCUT2D eigenvalue weighted by Gasteiger charge is 2.15. The van der Waals surface area contributed by atoms with E-state index in [1.165, 1.54) is 0 Å². The molecule has 0 unspecified atom stereocenters. The Labute approximate surface area is 88.0 Å². The van der Waals surface area contributed by atoms with E-state index in [4.69, 9.17) is 0 Å². The number of hydrogen-bond acceptors (Lipinski definition) is 2. The minimum Gasteiger partial charge on any atom is -0.294 e. The van der Waals surface area contributed by atoms with Gasteiger partial charge in [0, 0.05) is 13.2 Å². The summed E-state index contributed by atoms with van der Waals surface area (Å²) < 4.78 is 1.58. The minimum atomic E-state index is -0.122. The van der Waals surface area contributed by atoms with Crippen LogP contribution in [0.15, 0.2) is 17.1 Å². The number of H-pyrrole nitrogens is 1. The van der Waals surface area contributed by atoms with E-state index in [-0.39, 0.29) is 11.1 Å². The van der Waals surface area contributed by atoms with Crippen LogP contribution < -0.4 is 5.69 Å². The van der Waals surface area contributed by atoms with Crippen LogP contribution in [0.3, 0.4) is 0 Å². The summed E-state index contributed by atoms with van der Waals surface area (Å²) in [7, 11) is 1.75. The maximum atomic E-state index is 11.4. The Hall–Kier alpha value is -1.58. The molecule has 2 heterocycles. The van der Waals surface area contributed by atoms with Gasteiger partial charge in [-0.15, -0.1) is 0 Å². The number of aromatic amines is 1. The van der Waals surface area contributed by atoms with Gasteiger partial charge < -0.3 is 0 Å². The summed E-state index contributed by atoms with van der Waals surface area (Å²) in [6.07, 6.45) is 1.82. The molecule has 0 saturated heterocycles. The van der Waals surface area contributed by atoms with Crippen LogP contribution in [-0.4, -0.2) is 14.5 Å². The number of aromatic nitrogens is 3. The van der Waals surface area contributed by atoms with Gasteiger partial charge in [-0.3, -0.25) is 9.55 Å². The second-order valence-electron chi connectivity index (χ2n) is 4.83. The molecule has 0 aliphatic heterocycles. The molecule has 0 aromatic carbocycles. The Bertz CT molecular complexity index is 557. The summed E-state index contributed by atoms with van der Waals surface area (Å²) in [5.74, 6) is 0. The van der Waals surface area contributed by atoms with Crippen molar-refractivity contribution in [3.05, 3.63) is 28.3 Å². The third-order valence-electron chi connectivity index (χ3n) is 2.62. The SMILES string of the molecule is Cn1c(=O)[nH]c2ncc(C(C)(C)C)cc21. The standard InChI is InChI=1S/C11H15N3O/c1-11(2,3)7-5-8-9(12-6-7)13-10(15)14(8)4/h5-6H,1-4H3,(H,12,13,15). The Kier molecular flexibility index (Phi) is 1.96. The molecule has 0 saturated carbocycles. The van der Waals surface area contributed by atoms with Crippen molar-refractivity contribution >= 4 is 11.2 Å². The highest BCUT2D eigenvalue weighted by Crippen LogP contribution is 2.23. The van der Waals surface area contributed by atoms with Crippen molar-refractivity contribution in [1.82, 2.24) is 14.5 Å². The normalized spacial score (nSPS) is 12.3. The van der Waals surface area contributed by atoms with Crippen molar-refractivity contribution in [3.63, 3.8) is 0 Å². The lowest BCUT2D eigenvalue weighted by Crippen LogP contribution is -2.13. The van der Waals surface area contributed by atoms with Gasteiger partial charge in [0.15, 0.2) is 5.65 Å². The van der Waals surface area contributed by atoms with E-state index in [0.29, 0.717) is 5.65 Å². The average Bonchev–Trinajstić information content (AvgIpc) is 2.41. The van der Waals surface area contributed by atoms with Crippen LogP contribution in [0.4, 0.5) is 0 Å². The van der Waals surface area contributed by atoms with E-state index in [9.17, 15) is 4.79 Å². The fraction of sp³-hybridized carbons (Fsp3) is 0.455. The molecule has 0 aliphatic rings. The maximum Gasteiger partial charge on any atom is 0.327 e. The first-order chi connectivity index (χ1) is 6.89. The number of aryl methyl sites for hydroxylation is 1. The second-order valence-corrected chi connectivity index (χ2v) is 4.83. The minimum absolute atomic E-state index is 0.0501. The Morgan fingerprint density at radius 2 is 2.07 bits per heavy atom. The highest BCUT2D eigenvalue weighted by molar-refractivity contribution is 5.71. The lowest BCUT2D eigenvalue weighted by molar-refractivity contribution is 0.588. The summed E-state index contributed by atoms with van der Waals surface area (Å²) in [6.45, 7) is 6.38. The molecule has 0 amide bonds. The molecule has 80 valence electrons. The highest BCUT2D eigenvalue weighted by atomic mass is 16.1. The van der Waals surface area contributed by atoms with Gasteiger partial charge in [0.05, 0.1) is 5.52 Å². The predicted octanol–water partition coefficient (Wildman–Crippen LogP) is 1.56. The molecular weight excluding hydrogens is 190 g/mol. The molecule has 0 bridgehead atoms. The number of hydrogen-bond donors (Lipinski definition) is 1. The quantitative estimate of drug-likeness (QED) is 0.709. The average molecular weight is 205 g/mol. The molecule has 15 heavy (non-hydrogen) atoms. The molecule has 4 heteroatoms. The zero-order valence-corrected chi connectivity index (χ0v) is 9.46. The third-order valence-corrected chi connectivity index (χ3v) is 2.62. The van der Waals surface area contributed by atoms with Crippen molar-refractivity contribution in [3.8, 4) is 0 Å². The number of imidazole rings is 1. The Morgan fingerprint density at radius 1 is 1.40 bits per heavy atom. The monoisotopic (exact) mass is 205 g/mol. The van der Waals surface area contributed by atoms with Gasteiger partial charge in [-0.25, -0.2) is 9.78 Å². The molecule has 1 N–H and O–H groups in total. The molecule has 4 nitrogen and oxygen atoms in total. The van der Waals surface area contributed by atoms with Crippen LogP contribution in [0, 0.1) is 0 Å². The van der Waals surface area contributed by atoms with Gasteiger partial charge in [0.2, 0.25) is 0 Å². The Morgan fingerprint density at radius 3 is 2.67 bits per heavy atom. The number of fused-ring (bicyclic) bond motifs is 1. The predicted molar refractivity (Wildman–Crippen MR) is 60.0 cm³/mol. The fourth-order valence-corrected chi connectivity index (χ4v) is 1.51. The molecule has 0 radical (unpaired) electrons. The van der Waals surface area contributed by atoms with E-state index in [1.54, 1.807) is 11.6 Å². The van der Waals surface area contributed by atoms with E-state index in [1.807, 2.05) is 12.3 Å². The number of nitrogens with one attached hydrogen (secondary N) is 1. The van der Waals surface area contributed by atoms with Gasteiger partial charge in [0.25, 0.3) is 0 Å². The maximum absolute atomic E-state index is 11.4. The van der Waals surface area contributed by atoms with Gasteiger partial charge in [-0.1, -0.05) is 20.8 Å². The number of pyridine rings is 1. The van der Waals surface area contributed by atoms with Crippen LogP contribution in [-0.2, 0) is 12.5 Å². The molecule has 0 spiro atoms. The first kappa shape index (κ1) is 9.96. The molecular formula is C11H15N3O. The van der Waals surface area contributed by atoms with Gasteiger partial charge in [-0.2, -0.15) is 0 Å². The van der Waals surface area contributed by atoms with Crippen molar-refractivity contribution < 1.29 is 0 Å². The van der Waals surface area contributed by atoms with Crippen LogP contribution in [0.1, 0.15) is 26.3 Å². The molecule has 0 atom stereocenters. The van der Waals surface area contributed by atoms with E-state index in [2.05, 4.69) is 30.7 Å². The summed E-state index contributed by atoms with van der Waals surface area (Å²) in [4.78, 5) is 18.3. The second kappa shape index (κ2) is 2.95. The van der Waals surface area contributed by atoms with E-state index < -0.39 is 0 Å². The number of rotatable bonds is 0. The lowest BCUT2D eigenvalue weighted by atomic mass is 9.88. The van der Waals surface area contributed by atoms with Gasteiger partial charge in [0.1, 0.15) is 0 Å². The summed E-state index contributed by atoms with van der Waals surface area (Å²) in [6, 6.07) is 2.01. The van der Waals surface area contributed by atoms with Crippen LogP contribution in [0.25, 0.3) is 11.2 Å². The molecule has 2 aromatic heterocycles. The summed E-state index contributed by atoms with van der Waals surface area (Å²) in [5.41, 5.74) is 2.56. The summed E-state index contributed by atoms with van der Waals surface area (Å²) in [5, 5.41) is 0. The van der Waals surface area contributed by atoms with E-state index in [0.717, 1.165) is 11.1 Å². The van der Waals surface area contributed by atoms with Crippen LogP contribution in [0.5, 0.6) is 0 Å². The first-order valence-electron chi connectivity index (χ1n) is 4.95. The van der Waals surface area contributed by atoms with Crippen molar-refractivity contribution in [1.29, 1.82) is 0 Å². The molecule has 0 aliphatic carbocycles. The van der Waals surface area contributed by atoms with Crippen molar-refractivity contribution in [2.45, 2.75) is 26.2 Å². The molecule has 2 rings (SSSR count).